The van der Waals surface area contributed by atoms with E-state index in [0.717, 1.165) is 70.8 Å². The number of nitrogens with zero attached hydrogens (tertiary/aromatic N) is 6. The number of aryl methyl sites for hydroxylation is 1. The van der Waals surface area contributed by atoms with Crippen molar-refractivity contribution in [3.63, 3.8) is 0 Å². The van der Waals surface area contributed by atoms with Crippen LogP contribution in [0.1, 0.15) is 25.1 Å². The normalized spacial score (nSPS) is 25.4. The summed E-state index contributed by atoms with van der Waals surface area (Å²) in [6.07, 6.45) is 5.00. The van der Waals surface area contributed by atoms with Crippen LogP contribution in [0.5, 0.6) is 0 Å². The van der Waals surface area contributed by atoms with Crippen LogP contribution in [0.3, 0.4) is 0 Å². The Morgan fingerprint density at radius 3 is 2.68 bits per heavy atom. The Morgan fingerprint density at radius 1 is 0.919 bits per heavy atom. The van der Waals surface area contributed by atoms with Gasteiger partial charge in [0.15, 0.2) is 0 Å². The highest BCUT2D eigenvalue weighted by Crippen LogP contribution is 2.31. The first-order valence-corrected chi connectivity index (χ1v) is 14.1. The summed E-state index contributed by atoms with van der Waals surface area (Å²) in [6.45, 7) is 16.6. The molecule has 196 valence electrons. The maximum Gasteiger partial charge on any atom is 0.0751 e. The average molecular weight is 500 g/mol. The molecule has 7 heteroatoms. The second kappa shape index (κ2) is 10.6. The molecule has 0 amide bonds. The third-order valence-electron chi connectivity index (χ3n) is 8.61. The number of rotatable bonds is 5. The van der Waals surface area contributed by atoms with Crippen LogP contribution in [0.4, 0.5) is 11.4 Å². The van der Waals surface area contributed by atoms with Gasteiger partial charge in [-0.05, 0) is 56.7 Å². The van der Waals surface area contributed by atoms with Crippen molar-refractivity contribution in [1.82, 2.24) is 25.1 Å². The van der Waals surface area contributed by atoms with E-state index < -0.39 is 0 Å². The second-order valence-corrected chi connectivity index (χ2v) is 11.3. The van der Waals surface area contributed by atoms with Gasteiger partial charge in [0, 0.05) is 106 Å². The molecule has 7 nitrogen and oxygen atoms in total. The Labute approximate surface area is 221 Å². The van der Waals surface area contributed by atoms with Crippen molar-refractivity contribution >= 4 is 22.3 Å². The van der Waals surface area contributed by atoms with Crippen molar-refractivity contribution in [3.05, 3.63) is 60.0 Å². The first-order chi connectivity index (χ1) is 18.0. The van der Waals surface area contributed by atoms with Gasteiger partial charge in [-0.25, -0.2) is 0 Å². The van der Waals surface area contributed by atoms with Gasteiger partial charge in [0.05, 0.1) is 17.4 Å². The molecule has 0 saturated carbocycles. The van der Waals surface area contributed by atoms with E-state index in [9.17, 15) is 0 Å². The van der Waals surface area contributed by atoms with Crippen LogP contribution < -0.4 is 15.1 Å². The van der Waals surface area contributed by atoms with E-state index in [1.807, 2.05) is 6.20 Å². The van der Waals surface area contributed by atoms with Crippen LogP contribution >= 0.6 is 0 Å². The van der Waals surface area contributed by atoms with Crippen molar-refractivity contribution in [3.8, 4) is 0 Å². The molecule has 2 aromatic heterocycles. The monoisotopic (exact) mass is 499 g/mol. The van der Waals surface area contributed by atoms with Gasteiger partial charge in [-0.3, -0.25) is 14.9 Å². The van der Waals surface area contributed by atoms with Crippen LogP contribution in [0.15, 0.2) is 48.8 Å². The maximum absolute atomic E-state index is 4.83. The number of hydrogen-bond acceptors (Lipinski definition) is 7. The van der Waals surface area contributed by atoms with E-state index in [2.05, 4.69) is 93.3 Å². The highest BCUT2D eigenvalue weighted by molar-refractivity contribution is 5.93. The number of piperazine rings is 3. The third-order valence-corrected chi connectivity index (χ3v) is 8.61. The molecular formula is C30H41N7. The minimum atomic E-state index is 0.534. The Kier molecular flexibility index (Phi) is 7.02. The molecule has 1 N–H and O–H groups in total. The van der Waals surface area contributed by atoms with Gasteiger partial charge in [-0.2, -0.15) is 0 Å². The minimum Gasteiger partial charge on any atom is -0.368 e. The van der Waals surface area contributed by atoms with Gasteiger partial charge < -0.3 is 20.0 Å². The lowest BCUT2D eigenvalue weighted by Gasteiger charge is -2.51. The SMILES string of the molecule is Cc1ccc(N2C[C@@H]3CN(CCc4ccc(N5CCN[C@@H](C)C5)cn4)CCN3[C@H](C)C2)c2cccnc12. The Bertz CT molecular complexity index is 1210. The summed E-state index contributed by atoms with van der Waals surface area (Å²) in [5.74, 6) is 0. The smallest absolute Gasteiger partial charge is 0.0751 e. The fourth-order valence-corrected chi connectivity index (χ4v) is 6.59. The second-order valence-electron chi connectivity index (χ2n) is 11.3. The molecule has 3 fully saturated rings. The predicted octanol–water partition coefficient (Wildman–Crippen LogP) is 3.17. The molecule has 0 aliphatic carbocycles. The van der Waals surface area contributed by atoms with E-state index in [1.54, 1.807) is 0 Å². The molecule has 6 rings (SSSR count). The highest BCUT2D eigenvalue weighted by Gasteiger charge is 2.36. The van der Waals surface area contributed by atoms with Gasteiger partial charge in [0.25, 0.3) is 0 Å². The highest BCUT2D eigenvalue weighted by atomic mass is 15.4. The maximum atomic E-state index is 4.83. The molecule has 0 radical (unpaired) electrons. The van der Waals surface area contributed by atoms with Crippen molar-refractivity contribution < 1.29 is 0 Å². The van der Waals surface area contributed by atoms with E-state index in [0.29, 0.717) is 18.1 Å². The Hall–Kier alpha value is -2.74. The van der Waals surface area contributed by atoms with Crippen LogP contribution in [-0.2, 0) is 6.42 Å². The molecule has 5 heterocycles. The van der Waals surface area contributed by atoms with E-state index in [4.69, 9.17) is 4.98 Å². The van der Waals surface area contributed by atoms with Gasteiger partial charge in [-0.15, -0.1) is 0 Å². The molecule has 0 unspecified atom stereocenters. The minimum absolute atomic E-state index is 0.534. The third kappa shape index (κ3) is 5.17. The molecule has 3 aromatic rings. The molecule has 37 heavy (non-hydrogen) atoms. The molecule has 3 saturated heterocycles. The lowest BCUT2D eigenvalue weighted by Crippen LogP contribution is -2.65. The Balaban J connectivity index is 1.09. The van der Waals surface area contributed by atoms with Gasteiger partial charge in [-0.1, -0.05) is 6.07 Å². The van der Waals surface area contributed by atoms with Crippen molar-refractivity contribution in [2.45, 2.75) is 45.3 Å². The predicted molar refractivity (Wildman–Crippen MR) is 153 cm³/mol. The molecule has 0 spiro atoms. The summed E-state index contributed by atoms with van der Waals surface area (Å²) in [5, 5.41) is 4.80. The van der Waals surface area contributed by atoms with Gasteiger partial charge in [0.2, 0.25) is 0 Å². The number of aromatic nitrogens is 2. The zero-order chi connectivity index (χ0) is 25.4. The number of anilines is 2. The summed E-state index contributed by atoms with van der Waals surface area (Å²) in [4.78, 5) is 20.0. The topological polar surface area (TPSA) is 50.8 Å². The molecule has 3 atom stereocenters. The average Bonchev–Trinajstić information content (AvgIpc) is 2.92. The molecule has 3 aliphatic heterocycles. The lowest BCUT2D eigenvalue weighted by atomic mass is 10.0. The number of nitrogens with one attached hydrogen (secondary N) is 1. The standard InChI is InChI=1S/C30H41N7/c1-22-6-9-29(28-5-4-11-32-30(22)28)36-19-24(3)37-16-15-34(20-27(37)21-36)13-10-25-7-8-26(17-33-25)35-14-12-31-23(2)18-35/h4-9,11,17,23-24,27,31H,10,12-16,18-21H2,1-3H3/t23-,24+,27-/m0/s1. The fraction of sp³-hybridized carbons (Fsp3) is 0.533. The number of fused-ring (bicyclic) bond motifs is 2. The number of pyridine rings is 2. The van der Waals surface area contributed by atoms with E-state index in [1.165, 1.54) is 28.0 Å². The first-order valence-electron chi connectivity index (χ1n) is 14.1. The van der Waals surface area contributed by atoms with E-state index in [-0.39, 0.29) is 0 Å². The quantitative estimate of drug-likeness (QED) is 0.579. The number of hydrogen-bond donors (Lipinski definition) is 1. The largest absolute Gasteiger partial charge is 0.368 e. The molecule has 3 aliphatic rings. The van der Waals surface area contributed by atoms with Crippen LogP contribution in [-0.4, -0.2) is 96.8 Å². The summed E-state index contributed by atoms with van der Waals surface area (Å²) in [5.41, 5.74) is 6.16. The summed E-state index contributed by atoms with van der Waals surface area (Å²) >= 11 is 0. The van der Waals surface area contributed by atoms with E-state index >= 15 is 0 Å². The van der Waals surface area contributed by atoms with Crippen LogP contribution in [0.25, 0.3) is 10.9 Å². The summed E-state index contributed by atoms with van der Waals surface area (Å²) < 4.78 is 0. The van der Waals surface area contributed by atoms with Crippen molar-refractivity contribution in [1.29, 1.82) is 0 Å². The van der Waals surface area contributed by atoms with Gasteiger partial charge >= 0.3 is 0 Å². The van der Waals surface area contributed by atoms with Crippen LogP contribution in [0, 0.1) is 6.92 Å². The summed E-state index contributed by atoms with van der Waals surface area (Å²) in [6, 6.07) is 15.0. The zero-order valence-corrected chi connectivity index (χ0v) is 22.6. The fourth-order valence-electron chi connectivity index (χ4n) is 6.59. The number of benzene rings is 1. The molecule has 1 aromatic carbocycles. The van der Waals surface area contributed by atoms with Crippen molar-refractivity contribution in [2.75, 3.05) is 68.7 Å². The van der Waals surface area contributed by atoms with Gasteiger partial charge in [0.1, 0.15) is 0 Å². The first kappa shape index (κ1) is 24.6. The zero-order valence-electron chi connectivity index (χ0n) is 22.6. The Morgan fingerprint density at radius 2 is 1.84 bits per heavy atom. The summed E-state index contributed by atoms with van der Waals surface area (Å²) in [7, 11) is 0. The molecule has 0 bridgehead atoms. The lowest BCUT2D eigenvalue weighted by molar-refractivity contribution is 0.0355. The van der Waals surface area contributed by atoms with Crippen LogP contribution in [0.2, 0.25) is 0 Å². The van der Waals surface area contributed by atoms with Crippen molar-refractivity contribution in [2.24, 2.45) is 0 Å². The molecular weight excluding hydrogens is 458 g/mol.